The summed E-state index contributed by atoms with van der Waals surface area (Å²) in [5.41, 5.74) is 5.18. The summed E-state index contributed by atoms with van der Waals surface area (Å²) < 4.78 is 6.49. The first-order valence-electron chi connectivity index (χ1n) is 10.5. The Morgan fingerprint density at radius 2 is 2.07 bits per heavy atom. The Bertz CT molecular complexity index is 719. The lowest BCUT2D eigenvalue weighted by molar-refractivity contribution is -0.121. The predicted molar refractivity (Wildman–Crippen MR) is 114 cm³/mol. The molecular weight excluding hydrogens is 350 g/mol. The van der Waals surface area contributed by atoms with E-state index in [1.807, 2.05) is 13.0 Å². The van der Waals surface area contributed by atoms with E-state index in [4.69, 9.17) is 10.6 Å². The summed E-state index contributed by atoms with van der Waals surface area (Å²) in [6, 6.07) is 7.03. The van der Waals surface area contributed by atoms with Gasteiger partial charge in [-0.25, -0.2) is 5.84 Å². The van der Waals surface area contributed by atoms with Crippen LogP contribution in [-0.4, -0.2) is 35.5 Å². The molecule has 2 fully saturated rings. The number of carbonyl (C=O) groups is 1. The van der Waals surface area contributed by atoms with Crippen molar-refractivity contribution in [3.05, 3.63) is 35.9 Å². The second-order valence-corrected chi connectivity index (χ2v) is 8.85. The smallest absolute Gasteiger partial charge is 0.234 e. The lowest BCUT2D eigenvalue weighted by Crippen LogP contribution is -2.51. The number of nitrogens with two attached hydrogens (primary N) is 1. The highest BCUT2D eigenvalue weighted by atomic mass is 16.5. The van der Waals surface area contributed by atoms with Crippen LogP contribution in [0.1, 0.15) is 63.5 Å². The third-order valence-corrected chi connectivity index (χ3v) is 6.60. The average molecular weight is 386 g/mol. The van der Waals surface area contributed by atoms with E-state index in [2.05, 4.69) is 42.9 Å². The number of rotatable bonds is 7. The van der Waals surface area contributed by atoms with Crippen LogP contribution in [-0.2, 0) is 4.79 Å². The standard InChI is InChI=1S/C23H35N3O2/c1-16(15-22(27)25-24)18(3)19-8-9-21(17(2)14-19)28-23(4)10-12-26(13-11-23)20-6-5-7-20/h8-9,14,16,20H,3,5-7,10-13,15,24H2,1-2,4H3,(H,25,27). The Hall–Kier alpha value is -1.85. The van der Waals surface area contributed by atoms with Crippen molar-refractivity contribution in [1.82, 2.24) is 10.3 Å². The fourth-order valence-corrected chi connectivity index (χ4v) is 4.19. The second kappa shape index (κ2) is 8.66. The summed E-state index contributed by atoms with van der Waals surface area (Å²) in [7, 11) is 0. The highest BCUT2D eigenvalue weighted by Gasteiger charge is 2.36. The number of benzene rings is 1. The number of ether oxygens (including phenoxy) is 1. The van der Waals surface area contributed by atoms with Crippen molar-refractivity contribution in [2.45, 2.75) is 70.9 Å². The molecule has 0 aromatic heterocycles. The maximum absolute atomic E-state index is 11.5. The molecule has 0 spiro atoms. The van der Waals surface area contributed by atoms with Crippen LogP contribution >= 0.6 is 0 Å². The molecule has 1 aliphatic carbocycles. The fourth-order valence-electron chi connectivity index (χ4n) is 4.19. The van der Waals surface area contributed by atoms with Gasteiger partial charge in [0, 0.05) is 25.6 Å². The molecule has 5 nitrogen and oxygen atoms in total. The zero-order chi connectivity index (χ0) is 20.3. The first-order chi connectivity index (χ1) is 13.3. The Labute approximate surface area is 169 Å². The normalized spacial score (nSPS) is 20.9. The zero-order valence-corrected chi connectivity index (χ0v) is 17.6. The highest BCUT2D eigenvalue weighted by Crippen LogP contribution is 2.35. The van der Waals surface area contributed by atoms with E-state index in [0.717, 1.165) is 54.4 Å². The van der Waals surface area contributed by atoms with Gasteiger partial charge in [-0.3, -0.25) is 10.2 Å². The molecule has 1 saturated heterocycles. The predicted octanol–water partition coefficient (Wildman–Crippen LogP) is 3.81. The molecule has 1 amide bonds. The minimum absolute atomic E-state index is 0.0306. The first kappa shape index (κ1) is 20.9. The minimum atomic E-state index is -0.175. The molecule has 5 heteroatoms. The number of nitrogens with one attached hydrogen (secondary N) is 1. The number of hydrazine groups is 1. The number of hydrogen-bond donors (Lipinski definition) is 2. The third-order valence-electron chi connectivity index (χ3n) is 6.60. The van der Waals surface area contributed by atoms with Crippen LogP contribution < -0.4 is 16.0 Å². The van der Waals surface area contributed by atoms with Gasteiger partial charge in [0.1, 0.15) is 11.4 Å². The van der Waals surface area contributed by atoms with Crippen LogP contribution in [0, 0.1) is 12.8 Å². The summed E-state index contributed by atoms with van der Waals surface area (Å²) in [6.07, 6.45) is 6.61. The van der Waals surface area contributed by atoms with Gasteiger partial charge in [0.15, 0.2) is 0 Å². The van der Waals surface area contributed by atoms with Crippen LogP contribution in [0.4, 0.5) is 0 Å². The number of piperidine rings is 1. The summed E-state index contributed by atoms with van der Waals surface area (Å²) >= 11 is 0. The molecule has 1 unspecified atom stereocenters. The van der Waals surface area contributed by atoms with Crippen LogP contribution in [0.25, 0.3) is 5.57 Å². The van der Waals surface area contributed by atoms with Gasteiger partial charge in [-0.2, -0.15) is 0 Å². The van der Waals surface area contributed by atoms with Gasteiger partial charge in [-0.1, -0.05) is 26.0 Å². The number of amides is 1. The molecule has 3 rings (SSSR count). The Balaban J connectivity index is 1.61. The van der Waals surface area contributed by atoms with Gasteiger partial charge < -0.3 is 9.64 Å². The summed E-state index contributed by atoms with van der Waals surface area (Å²) in [4.78, 5) is 14.2. The van der Waals surface area contributed by atoms with Crippen molar-refractivity contribution in [3.8, 4) is 5.75 Å². The summed E-state index contributed by atoms with van der Waals surface area (Å²) in [5, 5.41) is 0. The Kier molecular flexibility index (Phi) is 6.46. The molecule has 1 aliphatic heterocycles. The SMILES string of the molecule is C=C(c1ccc(OC2(C)CCN(C3CCC3)CC2)c(C)c1)C(C)CC(=O)NN. The van der Waals surface area contributed by atoms with E-state index < -0.39 is 0 Å². The molecule has 1 heterocycles. The van der Waals surface area contributed by atoms with E-state index >= 15 is 0 Å². The van der Waals surface area contributed by atoms with E-state index in [1.165, 1.54) is 19.3 Å². The topological polar surface area (TPSA) is 67.6 Å². The number of nitrogens with zero attached hydrogens (tertiary/aromatic N) is 1. The van der Waals surface area contributed by atoms with Gasteiger partial charge in [-0.05, 0) is 74.3 Å². The molecule has 0 bridgehead atoms. The number of aryl methyl sites for hydroxylation is 1. The zero-order valence-electron chi connectivity index (χ0n) is 17.6. The van der Waals surface area contributed by atoms with E-state index in [1.54, 1.807) is 0 Å². The van der Waals surface area contributed by atoms with Crippen molar-refractivity contribution in [1.29, 1.82) is 0 Å². The molecule has 28 heavy (non-hydrogen) atoms. The van der Waals surface area contributed by atoms with Crippen LogP contribution in [0.3, 0.4) is 0 Å². The molecule has 0 radical (unpaired) electrons. The van der Waals surface area contributed by atoms with Gasteiger partial charge in [0.25, 0.3) is 0 Å². The maximum atomic E-state index is 11.5. The van der Waals surface area contributed by atoms with Crippen molar-refractivity contribution < 1.29 is 9.53 Å². The van der Waals surface area contributed by atoms with Gasteiger partial charge in [0.05, 0.1) is 0 Å². The van der Waals surface area contributed by atoms with E-state index in [9.17, 15) is 4.79 Å². The third kappa shape index (κ3) is 4.76. The molecule has 1 saturated carbocycles. The molecule has 2 aliphatic rings. The first-order valence-corrected chi connectivity index (χ1v) is 10.5. The van der Waals surface area contributed by atoms with Crippen LogP contribution in [0.5, 0.6) is 5.75 Å². The van der Waals surface area contributed by atoms with Gasteiger partial charge in [-0.15, -0.1) is 0 Å². The maximum Gasteiger partial charge on any atom is 0.234 e. The van der Waals surface area contributed by atoms with Crippen LogP contribution in [0.15, 0.2) is 24.8 Å². The molecular formula is C23H35N3O2. The number of likely N-dealkylation sites (tertiary alicyclic amines) is 1. The number of allylic oxidation sites excluding steroid dienone is 1. The number of carbonyl (C=O) groups excluding carboxylic acids is 1. The van der Waals surface area contributed by atoms with Gasteiger partial charge in [0.2, 0.25) is 5.91 Å². The van der Waals surface area contributed by atoms with E-state index in [0.29, 0.717) is 6.42 Å². The molecule has 1 aromatic rings. The molecule has 154 valence electrons. The van der Waals surface area contributed by atoms with Crippen molar-refractivity contribution in [2.24, 2.45) is 11.8 Å². The molecule has 1 atom stereocenters. The van der Waals surface area contributed by atoms with Crippen LogP contribution in [0.2, 0.25) is 0 Å². The Morgan fingerprint density at radius 3 is 2.61 bits per heavy atom. The van der Waals surface area contributed by atoms with Gasteiger partial charge >= 0.3 is 0 Å². The van der Waals surface area contributed by atoms with E-state index in [-0.39, 0.29) is 17.4 Å². The van der Waals surface area contributed by atoms with Crippen molar-refractivity contribution >= 4 is 11.5 Å². The minimum Gasteiger partial charge on any atom is -0.487 e. The molecule has 3 N–H and O–H groups in total. The lowest BCUT2D eigenvalue weighted by atomic mass is 9.86. The lowest BCUT2D eigenvalue weighted by Gasteiger charge is -2.45. The quantitative estimate of drug-likeness (QED) is 0.425. The molecule has 1 aromatic carbocycles. The Morgan fingerprint density at radius 1 is 1.39 bits per heavy atom. The summed E-state index contributed by atoms with van der Waals surface area (Å²) in [6.45, 7) is 12.8. The largest absolute Gasteiger partial charge is 0.487 e. The highest BCUT2D eigenvalue weighted by molar-refractivity contribution is 5.79. The number of hydrogen-bond acceptors (Lipinski definition) is 4. The monoisotopic (exact) mass is 385 g/mol. The van der Waals surface area contributed by atoms with Crippen molar-refractivity contribution in [2.75, 3.05) is 13.1 Å². The fraction of sp³-hybridized carbons (Fsp3) is 0.609. The second-order valence-electron chi connectivity index (χ2n) is 8.85. The summed E-state index contributed by atoms with van der Waals surface area (Å²) in [5.74, 6) is 6.00. The average Bonchev–Trinajstić information content (AvgIpc) is 2.63. The van der Waals surface area contributed by atoms with Crippen molar-refractivity contribution in [3.63, 3.8) is 0 Å².